The molecule has 0 unspecified atom stereocenters. The SMILES string of the molecule is C[C@@H]1CCCC[C@@]12NC(=S)N(c1ccccc1)N2. The van der Waals surface area contributed by atoms with Crippen LogP contribution in [-0.4, -0.2) is 10.8 Å². The number of hydrogen-bond acceptors (Lipinski definition) is 2. The van der Waals surface area contributed by atoms with Gasteiger partial charge in [-0.15, -0.1) is 0 Å². The molecule has 1 aliphatic heterocycles. The highest BCUT2D eigenvalue weighted by Gasteiger charge is 2.45. The number of anilines is 1. The number of hydrazine groups is 1. The van der Waals surface area contributed by atoms with Crippen LogP contribution in [0.4, 0.5) is 5.69 Å². The smallest absolute Gasteiger partial charge is 0.189 e. The number of nitrogens with zero attached hydrogens (tertiary/aromatic N) is 1. The maximum atomic E-state index is 5.48. The minimum Gasteiger partial charge on any atom is -0.341 e. The summed E-state index contributed by atoms with van der Waals surface area (Å²) in [5, 5.41) is 6.31. The van der Waals surface area contributed by atoms with Crippen LogP contribution in [0.5, 0.6) is 0 Å². The Bertz CT molecular complexity index is 448. The topological polar surface area (TPSA) is 27.3 Å². The van der Waals surface area contributed by atoms with E-state index in [1.807, 2.05) is 23.2 Å². The Kier molecular flexibility index (Phi) is 2.99. The van der Waals surface area contributed by atoms with Crippen LogP contribution in [0, 0.1) is 5.92 Å². The van der Waals surface area contributed by atoms with E-state index in [0.29, 0.717) is 5.92 Å². The van der Waals surface area contributed by atoms with Crippen molar-refractivity contribution in [1.82, 2.24) is 10.7 Å². The van der Waals surface area contributed by atoms with Crippen LogP contribution in [0.1, 0.15) is 32.6 Å². The summed E-state index contributed by atoms with van der Waals surface area (Å²) in [5.41, 5.74) is 4.67. The normalized spacial score (nSPS) is 31.7. The van der Waals surface area contributed by atoms with E-state index in [2.05, 4.69) is 29.8 Å². The molecule has 0 radical (unpaired) electrons. The molecule has 1 saturated heterocycles. The monoisotopic (exact) mass is 261 g/mol. The fourth-order valence-corrected chi connectivity index (χ4v) is 3.32. The van der Waals surface area contributed by atoms with Gasteiger partial charge in [-0.05, 0) is 49.5 Å². The summed E-state index contributed by atoms with van der Waals surface area (Å²) in [5.74, 6) is 0.595. The average molecular weight is 261 g/mol. The number of rotatable bonds is 1. The van der Waals surface area contributed by atoms with Gasteiger partial charge in [0, 0.05) is 0 Å². The molecule has 2 fully saturated rings. The molecule has 2 aliphatic rings. The molecule has 1 saturated carbocycles. The summed E-state index contributed by atoms with van der Waals surface area (Å²) in [6.45, 7) is 2.30. The maximum absolute atomic E-state index is 5.48. The Labute approximate surface area is 114 Å². The molecule has 1 aromatic carbocycles. The third-order valence-electron chi connectivity index (χ3n) is 4.16. The van der Waals surface area contributed by atoms with Gasteiger partial charge in [0.15, 0.2) is 5.11 Å². The van der Waals surface area contributed by atoms with Crippen molar-refractivity contribution in [3.05, 3.63) is 30.3 Å². The fraction of sp³-hybridized carbons (Fsp3) is 0.500. The summed E-state index contributed by atoms with van der Waals surface area (Å²) >= 11 is 5.48. The van der Waals surface area contributed by atoms with Crippen LogP contribution in [0.15, 0.2) is 30.3 Å². The lowest BCUT2D eigenvalue weighted by Crippen LogP contribution is -2.57. The second kappa shape index (κ2) is 4.52. The van der Waals surface area contributed by atoms with Crippen LogP contribution in [-0.2, 0) is 0 Å². The Hall–Kier alpha value is -1.13. The maximum Gasteiger partial charge on any atom is 0.189 e. The first-order chi connectivity index (χ1) is 8.71. The van der Waals surface area contributed by atoms with Gasteiger partial charge in [-0.25, -0.2) is 5.43 Å². The van der Waals surface area contributed by atoms with Crippen LogP contribution in [0.25, 0.3) is 0 Å². The summed E-state index contributed by atoms with van der Waals surface area (Å²) in [4.78, 5) is 0. The second-order valence-corrected chi connectivity index (χ2v) is 5.72. The molecule has 4 heteroatoms. The number of benzene rings is 1. The van der Waals surface area contributed by atoms with Crippen molar-refractivity contribution in [3.8, 4) is 0 Å². The van der Waals surface area contributed by atoms with Gasteiger partial charge in [-0.2, -0.15) is 0 Å². The molecule has 0 amide bonds. The lowest BCUT2D eigenvalue weighted by Gasteiger charge is -2.39. The third kappa shape index (κ3) is 1.89. The molecule has 1 spiro atoms. The van der Waals surface area contributed by atoms with Gasteiger partial charge in [0.05, 0.1) is 5.69 Å². The highest BCUT2D eigenvalue weighted by atomic mass is 32.1. The molecule has 3 rings (SSSR count). The van der Waals surface area contributed by atoms with Gasteiger partial charge in [0.1, 0.15) is 5.66 Å². The molecule has 96 valence electrons. The van der Waals surface area contributed by atoms with Crippen LogP contribution < -0.4 is 15.8 Å². The molecule has 1 aliphatic carbocycles. The van der Waals surface area contributed by atoms with E-state index in [-0.39, 0.29) is 5.66 Å². The van der Waals surface area contributed by atoms with Crippen LogP contribution in [0.2, 0.25) is 0 Å². The van der Waals surface area contributed by atoms with E-state index in [1.165, 1.54) is 19.3 Å². The molecule has 3 nitrogen and oxygen atoms in total. The number of hydrogen-bond donors (Lipinski definition) is 2. The highest BCUT2D eigenvalue weighted by molar-refractivity contribution is 7.80. The lowest BCUT2D eigenvalue weighted by molar-refractivity contribution is 0.158. The predicted octanol–water partition coefficient (Wildman–Crippen LogP) is 2.79. The van der Waals surface area contributed by atoms with E-state index in [1.54, 1.807) is 0 Å². The summed E-state index contributed by atoms with van der Waals surface area (Å²) in [6.07, 6.45) is 4.98. The standard InChI is InChI=1S/C14H19N3S/c1-11-7-5-6-10-14(11)15-13(18)17(16-14)12-8-3-2-4-9-12/h2-4,8-9,11,16H,5-7,10H2,1H3,(H,15,18)/t11-,14+/m1/s1. The first kappa shape index (κ1) is 11.9. The molecule has 2 N–H and O–H groups in total. The van der Waals surface area contributed by atoms with E-state index >= 15 is 0 Å². The van der Waals surface area contributed by atoms with Crippen LogP contribution in [0.3, 0.4) is 0 Å². The van der Waals surface area contributed by atoms with E-state index in [9.17, 15) is 0 Å². The van der Waals surface area contributed by atoms with E-state index in [4.69, 9.17) is 12.2 Å². The fourth-order valence-electron chi connectivity index (χ4n) is 2.98. The number of nitrogens with one attached hydrogen (secondary N) is 2. The molecule has 0 bridgehead atoms. The molecular weight excluding hydrogens is 242 g/mol. The first-order valence-electron chi connectivity index (χ1n) is 6.66. The van der Waals surface area contributed by atoms with Crippen molar-refractivity contribution < 1.29 is 0 Å². The second-order valence-electron chi connectivity index (χ2n) is 5.33. The van der Waals surface area contributed by atoms with E-state index < -0.39 is 0 Å². The summed E-state index contributed by atoms with van der Waals surface area (Å²) in [6, 6.07) is 10.2. The zero-order chi connectivity index (χ0) is 12.6. The predicted molar refractivity (Wildman–Crippen MR) is 78.2 cm³/mol. The van der Waals surface area contributed by atoms with Crippen molar-refractivity contribution in [2.75, 3.05) is 5.01 Å². The van der Waals surface area contributed by atoms with Crippen molar-refractivity contribution in [2.45, 2.75) is 38.3 Å². The Morgan fingerprint density at radius 2 is 2.06 bits per heavy atom. The van der Waals surface area contributed by atoms with Gasteiger partial charge >= 0.3 is 0 Å². The van der Waals surface area contributed by atoms with Crippen LogP contribution >= 0.6 is 12.2 Å². The summed E-state index contributed by atoms with van der Waals surface area (Å²) in [7, 11) is 0. The van der Waals surface area contributed by atoms with Gasteiger partial charge in [0.25, 0.3) is 0 Å². The Morgan fingerprint density at radius 1 is 1.28 bits per heavy atom. The molecule has 18 heavy (non-hydrogen) atoms. The minimum atomic E-state index is -0.0365. The van der Waals surface area contributed by atoms with Crippen molar-refractivity contribution >= 4 is 23.0 Å². The quantitative estimate of drug-likeness (QED) is 0.760. The zero-order valence-corrected chi connectivity index (χ0v) is 11.5. The van der Waals surface area contributed by atoms with Crippen molar-refractivity contribution in [3.63, 3.8) is 0 Å². The Morgan fingerprint density at radius 3 is 2.78 bits per heavy atom. The minimum absolute atomic E-state index is 0.0365. The van der Waals surface area contributed by atoms with Crippen molar-refractivity contribution in [2.24, 2.45) is 5.92 Å². The highest BCUT2D eigenvalue weighted by Crippen LogP contribution is 2.35. The third-order valence-corrected chi connectivity index (χ3v) is 4.44. The summed E-state index contributed by atoms with van der Waals surface area (Å²) < 4.78 is 0. The van der Waals surface area contributed by atoms with Gasteiger partial charge in [0.2, 0.25) is 0 Å². The number of thiocarbonyl (C=S) groups is 1. The van der Waals surface area contributed by atoms with Gasteiger partial charge < -0.3 is 5.32 Å². The molecule has 0 aromatic heterocycles. The van der Waals surface area contributed by atoms with E-state index in [0.717, 1.165) is 17.2 Å². The van der Waals surface area contributed by atoms with Gasteiger partial charge in [-0.1, -0.05) is 31.5 Å². The lowest BCUT2D eigenvalue weighted by atomic mass is 9.81. The largest absolute Gasteiger partial charge is 0.341 e. The Balaban J connectivity index is 1.86. The molecule has 1 aromatic rings. The van der Waals surface area contributed by atoms with Gasteiger partial charge in [-0.3, -0.25) is 5.01 Å². The molecule has 1 heterocycles. The first-order valence-corrected chi connectivity index (χ1v) is 7.07. The molecule has 2 atom stereocenters. The average Bonchev–Trinajstić information content (AvgIpc) is 2.73. The van der Waals surface area contributed by atoms with Crippen molar-refractivity contribution in [1.29, 1.82) is 0 Å². The molecular formula is C14H19N3S. The zero-order valence-electron chi connectivity index (χ0n) is 10.6. The number of para-hydroxylation sites is 1.